The van der Waals surface area contributed by atoms with Gasteiger partial charge >= 0.3 is 0 Å². The summed E-state index contributed by atoms with van der Waals surface area (Å²) < 4.78 is 11.0. The van der Waals surface area contributed by atoms with Gasteiger partial charge in [0.25, 0.3) is 0 Å². The van der Waals surface area contributed by atoms with Gasteiger partial charge in [-0.05, 0) is 39.5 Å². The van der Waals surface area contributed by atoms with Crippen molar-refractivity contribution in [3.05, 3.63) is 0 Å². The van der Waals surface area contributed by atoms with Crippen molar-refractivity contribution in [3.8, 4) is 0 Å². The van der Waals surface area contributed by atoms with Crippen LogP contribution in [0.2, 0.25) is 0 Å². The van der Waals surface area contributed by atoms with Crippen molar-refractivity contribution in [2.75, 3.05) is 19.8 Å². The Hall–Kier alpha value is -0.120. The lowest BCUT2D eigenvalue weighted by Crippen LogP contribution is -2.31. The van der Waals surface area contributed by atoms with Gasteiger partial charge in [0.1, 0.15) is 0 Å². The molecule has 3 heteroatoms. The molecule has 0 aromatic heterocycles. The summed E-state index contributed by atoms with van der Waals surface area (Å²) in [5, 5.41) is 3.53. The van der Waals surface area contributed by atoms with E-state index in [4.69, 9.17) is 9.47 Å². The van der Waals surface area contributed by atoms with Gasteiger partial charge in [0.05, 0.1) is 0 Å². The average Bonchev–Trinajstić information content (AvgIpc) is 2.27. The number of nitrogens with one attached hydrogen (secondary N) is 1. The average molecular weight is 245 g/mol. The first kappa shape index (κ1) is 16.9. The van der Waals surface area contributed by atoms with Crippen molar-refractivity contribution >= 4 is 0 Å². The Morgan fingerprint density at radius 1 is 0.882 bits per heavy atom. The first-order chi connectivity index (χ1) is 8.10. The smallest absolute Gasteiger partial charge is 0.158 e. The summed E-state index contributed by atoms with van der Waals surface area (Å²) in [6.45, 7) is 13.2. The molecule has 1 N–H and O–H groups in total. The Kier molecular flexibility index (Phi) is 10.9. The second-order valence-electron chi connectivity index (χ2n) is 4.96. The standard InChI is InChI=1S/C14H31NO2/c1-6-16-14(17-7-2)10-11-15-13(5)9-8-12(3)4/h12-15H,6-11H2,1-5H3. The van der Waals surface area contributed by atoms with Gasteiger partial charge in [-0.3, -0.25) is 0 Å². The topological polar surface area (TPSA) is 30.5 Å². The van der Waals surface area contributed by atoms with E-state index in [1.54, 1.807) is 0 Å². The Morgan fingerprint density at radius 3 is 1.94 bits per heavy atom. The second kappa shape index (κ2) is 11.0. The highest BCUT2D eigenvalue weighted by Gasteiger charge is 2.08. The molecule has 1 atom stereocenters. The van der Waals surface area contributed by atoms with Gasteiger partial charge < -0.3 is 14.8 Å². The van der Waals surface area contributed by atoms with Crippen LogP contribution in [0.5, 0.6) is 0 Å². The number of hydrogen-bond acceptors (Lipinski definition) is 3. The molecular formula is C14H31NO2. The highest BCUT2D eigenvalue weighted by Crippen LogP contribution is 2.07. The van der Waals surface area contributed by atoms with Crippen molar-refractivity contribution in [2.45, 2.75) is 66.2 Å². The molecule has 3 nitrogen and oxygen atoms in total. The van der Waals surface area contributed by atoms with Crippen LogP contribution in [0.25, 0.3) is 0 Å². The first-order valence-corrected chi connectivity index (χ1v) is 7.06. The molecule has 0 aliphatic rings. The zero-order chi connectivity index (χ0) is 13.1. The monoisotopic (exact) mass is 245 g/mol. The Balaban J connectivity index is 3.57. The van der Waals surface area contributed by atoms with Crippen LogP contribution in [0.4, 0.5) is 0 Å². The van der Waals surface area contributed by atoms with Gasteiger partial charge in [-0.15, -0.1) is 0 Å². The maximum absolute atomic E-state index is 5.50. The highest BCUT2D eigenvalue weighted by atomic mass is 16.7. The SMILES string of the molecule is CCOC(CCNC(C)CCC(C)C)OCC. The highest BCUT2D eigenvalue weighted by molar-refractivity contribution is 4.62. The molecule has 0 heterocycles. The zero-order valence-corrected chi connectivity index (χ0v) is 12.3. The minimum absolute atomic E-state index is 0.0465. The minimum Gasteiger partial charge on any atom is -0.353 e. The van der Waals surface area contributed by atoms with Crippen molar-refractivity contribution in [1.82, 2.24) is 5.32 Å². The van der Waals surface area contributed by atoms with Crippen LogP contribution in [0.1, 0.15) is 53.9 Å². The lowest BCUT2D eigenvalue weighted by atomic mass is 10.0. The molecule has 0 amide bonds. The zero-order valence-electron chi connectivity index (χ0n) is 12.3. The summed E-state index contributed by atoms with van der Waals surface area (Å²) in [5.41, 5.74) is 0. The molecule has 1 unspecified atom stereocenters. The molecule has 0 aliphatic heterocycles. The maximum Gasteiger partial charge on any atom is 0.158 e. The van der Waals surface area contributed by atoms with E-state index in [1.165, 1.54) is 12.8 Å². The summed E-state index contributed by atoms with van der Waals surface area (Å²) in [6.07, 6.45) is 3.41. The molecule has 0 aromatic rings. The lowest BCUT2D eigenvalue weighted by molar-refractivity contribution is -0.138. The molecule has 0 fully saturated rings. The van der Waals surface area contributed by atoms with Crippen LogP contribution < -0.4 is 5.32 Å². The van der Waals surface area contributed by atoms with Gasteiger partial charge in [0.2, 0.25) is 0 Å². The predicted octanol–water partition coefficient (Wildman–Crippen LogP) is 3.19. The fourth-order valence-electron chi connectivity index (χ4n) is 1.72. The third-order valence-electron chi connectivity index (χ3n) is 2.75. The Morgan fingerprint density at radius 2 is 1.47 bits per heavy atom. The summed E-state index contributed by atoms with van der Waals surface area (Å²) in [7, 11) is 0. The predicted molar refractivity (Wildman–Crippen MR) is 73.2 cm³/mol. The number of ether oxygens (including phenoxy) is 2. The molecule has 0 spiro atoms. The summed E-state index contributed by atoms with van der Waals surface area (Å²) >= 11 is 0. The van der Waals surface area contributed by atoms with Crippen molar-refractivity contribution in [1.29, 1.82) is 0 Å². The maximum atomic E-state index is 5.50. The van der Waals surface area contributed by atoms with E-state index in [0.717, 1.165) is 18.9 Å². The molecule has 0 saturated heterocycles. The van der Waals surface area contributed by atoms with Crippen molar-refractivity contribution in [3.63, 3.8) is 0 Å². The quantitative estimate of drug-likeness (QED) is 0.567. The fraction of sp³-hybridized carbons (Fsp3) is 1.00. The van der Waals surface area contributed by atoms with Crippen LogP contribution in [-0.2, 0) is 9.47 Å². The van der Waals surface area contributed by atoms with Gasteiger partial charge in [0.15, 0.2) is 6.29 Å². The van der Waals surface area contributed by atoms with Gasteiger partial charge in [-0.1, -0.05) is 13.8 Å². The van der Waals surface area contributed by atoms with E-state index < -0.39 is 0 Å². The largest absolute Gasteiger partial charge is 0.353 e. The Bertz CT molecular complexity index is 156. The van der Waals surface area contributed by atoms with E-state index in [2.05, 4.69) is 26.1 Å². The third kappa shape index (κ3) is 10.7. The molecule has 104 valence electrons. The van der Waals surface area contributed by atoms with Crippen molar-refractivity contribution < 1.29 is 9.47 Å². The second-order valence-corrected chi connectivity index (χ2v) is 4.96. The van der Waals surface area contributed by atoms with E-state index in [9.17, 15) is 0 Å². The van der Waals surface area contributed by atoms with Crippen LogP contribution in [0, 0.1) is 5.92 Å². The molecule has 0 aliphatic carbocycles. The van der Waals surface area contributed by atoms with Crippen LogP contribution in [-0.4, -0.2) is 32.1 Å². The number of rotatable bonds is 11. The fourth-order valence-corrected chi connectivity index (χ4v) is 1.72. The number of hydrogen-bond donors (Lipinski definition) is 1. The van der Waals surface area contributed by atoms with Gasteiger partial charge in [-0.2, -0.15) is 0 Å². The molecule has 0 rings (SSSR count). The van der Waals surface area contributed by atoms with E-state index in [0.29, 0.717) is 19.3 Å². The van der Waals surface area contributed by atoms with Crippen LogP contribution in [0.15, 0.2) is 0 Å². The minimum atomic E-state index is -0.0465. The van der Waals surface area contributed by atoms with Crippen molar-refractivity contribution in [2.24, 2.45) is 5.92 Å². The first-order valence-electron chi connectivity index (χ1n) is 7.06. The Labute approximate surface area is 107 Å². The summed E-state index contributed by atoms with van der Waals surface area (Å²) in [5.74, 6) is 0.791. The normalized spacial score (nSPS) is 13.6. The molecule has 0 bridgehead atoms. The van der Waals surface area contributed by atoms with Crippen LogP contribution in [0.3, 0.4) is 0 Å². The molecule has 0 aromatic carbocycles. The van der Waals surface area contributed by atoms with Crippen LogP contribution >= 0.6 is 0 Å². The van der Waals surface area contributed by atoms with E-state index in [-0.39, 0.29) is 6.29 Å². The summed E-state index contributed by atoms with van der Waals surface area (Å²) in [4.78, 5) is 0. The third-order valence-corrected chi connectivity index (χ3v) is 2.75. The molecule has 17 heavy (non-hydrogen) atoms. The molecule has 0 saturated carbocycles. The van der Waals surface area contributed by atoms with Gasteiger partial charge in [-0.25, -0.2) is 0 Å². The van der Waals surface area contributed by atoms with E-state index >= 15 is 0 Å². The molecule has 0 radical (unpaired) electrons. The van der Waals surface area contributed by atoms with E-state index in [1.807, 2.05) is 13.8 Å². The van der Waals surface area contributed by atoms with Gasteiger partial charge in [0, 0.05) is 32.2 Å². The molecular weight excluding hydrogens is 214 g/mol. The summed E-state index contributed by atoms with van der Waals surface area (Å²) in [6, 6.07) is 0.585. The lowest BCUT2D eigenvalue weighted by Gasteiger charge is -2.19.